The molecule has 2 aromatic carbocycles. The van der Waals surface area contributed by atoms with Gasteiger partial charge in [-0.05, 0) is 35.9 Å². The second-order valence-electron chi connectivity index (χ2n) is 5.01. The Bertz CT molecular complexity index is 810. The Balaban J connectivity index is 1.78. The lowest BCUT2D eigenvalue weighted by molar-refractivity contribution is -0.121. The van der Waals surface area contributed by atoms with Crippen LogP contribution in [0.1, 0.15) is 12.0 Å². The number of rotatable bonds is 7. The molecule has 128 valence electrons. The number of carbonyl (C=O) groups is 1. The van der Waals surface area contributed by atoms with E-state index in [1.54, 1.807) is 18.2 Å². The number of hydrogen-bond donors (Lipinski definition) is 2. The zero-order chi connectivity index (χ0) is 17.6. The first kappa shape index (κ1) is 18.4. The summed E-state index contributed by atoms with van der Waals surface area (Å²) in [5, 5.41) is 2.95. The quantitative estimate of drug-likeness (QED) is 0.786. The smallest absolute Gasteiger partial charge is 0.240 e. The number of benzene rings is 2. The van der Waals surface area contributed by atoms with E-state index in [2.05, 4.69) is 10.0 Å². The third kappa shape index (κ3) is 5.59. The number of halogens is 2. The highest BCUT2D eigenvalue weighted by atomic mass is 35.5. The molecule has 2 aromatic rings. The first-order valence-electron chi connectivity index (χ1n) is 7.13. The predicted octanol–water partition coefficient (Wildman–Crippen LogP) is 2.46. The van der Waals surface area contributed by atoms with Gasteiger partial charge in [0.25, 0.3) is 0 Å². The van der Waals surface area contributed by atoms with Gasteiger partial charge in [0.15, 0.2) is 0 Å². The fourth-order valence-electron chi connectivity index (χ4n) is 1.91. The summed E-state index contributed by atoms with van der Waals surface area (Å²) in [4.78, 5) is 11.8. The van der Waals surface area contributed by atoms with Crippen LogP contribution in [0.5, 0.6) is 0 Å². The van der Waals surface area contributed by atoms with Crippen LogP contribution in [0.2, 0.25) is 5.02 Å². The fourth-order valence-corrected chi connectivity index (χ4v) is 3.24. The summed E-state index contributed by atoms with van der Waals surface area (Å²) >= 11 is 5.76. The Hall–Kier alpha value is -1.96. The Kier molecular flexibility index (Phi) is 6.30. The standard InChI is InChI=1S/C16H16ClFN2O3S/c17-13-2-1-3-15(10-13)24(22,23)20-9-8-16(21)19-11-12-4-6-14(18)7-5-12/h1-7,10,20H,8-9,11H2,(H,19,21). The summed E-state index contributed by atoms with van der Waals surface area (Å²) in [7, 11) is -3.71. The molecule has 2 N–H and O–H groups in total. The summed E-state index contributed by atoms with van der Waals surface area (Å²) in [6, 6.07) is 11.6. The minimum Gasteiger partial charge on any atom is -0.352 e. The number of hydrogen-bond acceptors (Lipinski definition) is 3. The summed E-state index contributed by atoms with van der Waals surface area (Å²) < 4.78 is 39.2. The molecular formula is C16H16ClFN2O3S. The van der Waals surface area contributed by atoms with Gasteiger partial charge in [0.05, 0.1) is 4.90 Å². The van der Waals surface area contributed by atoms with Crippen LogP contribution < -0.4 is 10.0 Å². The highest BCUT2D eigenvalue weighted by Gasteiger charge is 2.14. The van der Waals surface area contributed by atoms with Crippen LogP contribution in [0.25, 0.3) is 0 Å². The summed E-state index contributed by atoms with van der Waals surface area (Å²) in [6.07, 6.45) is -0.0129. The van der Waals surface area contributed by atoms with Crippen molar-refractivity contribution in [1.29, 1.82) is 0 Å². The van der Waals surface area contributed by atoms with Crippen LogP contribution in [0.15, 0.2) is 53.4 Å². The zero-order valence-corrected chi connectivity index (χ0v) is 14.2. The molecule has 0 bridgehead atoms. The molecule has 0 fully saturated rings. The van der Waals surface area contributed by atoms with E-state index >= 15 is 0 Å². The van der Waals surface area contributed by atoms with Crippen molar-refractivity contribution in [2.45, 2.75) is 17.9 Å². The number of carbonyl (C=O) groups excluding carboxylic acids is 1. The molecular weight excluding hydrogens is 355 g/mol. The van der Waals surface area contributed by atoms with Crippen molar-refractivity contribution < 1.29 is 17.6 Å². The van der Waals surface area contributed by atoms with Crippen molar-refractivity contribution in [2.75, 3.05) is 6.54 Å². The number of nitrogens with one attached hydrogen (secondary N) is 2. The van der Waals surface area contributed by atoms with Gasteiger partial charge in [0, 0.05) is 24.5 Å². The second kappa shape index (κ2) is 8.23. The monoisotopic (exact) mass is 370 g/mol. The first-order valence-corrected chi connectivity index (χ1v) is 8.99. The first-order chi connectivity index (χ1) is 11.4. The summed E-state index contributed by atoms with van der Waals surface area (Å²) in [6.45, 7) is 0.213. The summed E-state index contributed by atoms with van der Waals surface area (Å²) in [5.74, 6) is -0.659. The van der Waals surface area contributed by atoms with Crippen LogP contribution >= 0.6 is 11.6 Å². The van der Waals surface area contributed by atoms with E-state index in [9.17, 15) is 17.6 Å². The molecule has 0 saturated carbocycles. The van der Waals surface area contributed by atoms with Gasteiger partial charge in [-0.3, -0.25) is 4.79 Å². The molecule has 0 aliphatic rings. The van der Waals surface area contributed by atoms with E-state index in [4.69, 9.17) is 11.6 Å². The molecule has 0 aliphatic heterocycles. The lowest BCUT2D eigenvalue weighted by Crippen LogP contribution is -2.30. The molecule has 0 spiro atoms. The minimum atomic E-state index is -3.71. The van der Waals surface area contributed by atoms with E-state index in [1.807, 2.05) is 0 Å². The summed E-state index contributed by atoms with van der Waals surface area (Å²) in [5.41, 5.74) is 0.754. The van der Waals surface area contributed by atoms with Gasteiger partial charge in [0.2, 0.25) is 15.9 Å². The van der Waals surface area contributed by atoms with Crippen LogP contribution in [0, 0.1) is 5.82 Å². The highest BCUT2D eigenvalue weighted by molar-refractivity contribution is 7.89. The molecule has 0 saturated heterocycles. The van der Waals surface area contributed by atoms with Crippen LogP contribution in [0.4, 0.5) is 4.39 Å². The molecule has 1 amide bonds. The van der Waals surface area contributed by atoms with E-state index in [1.165, 1.54) is 30.3 Å². The van der Waals surface area contributed by atoms with Gasteiger partial charge in [0.1, 0.15) is 5.82 Å². The topological polar surface area (TPSA) is 75.3 Å². The van der Waals surface area contributed by atoms with Crippen molar-refractivity contribution in [1.82, 2.24) is 10.0 Å². The SMILES string of the molecule is O=C(CCNS(=O)(=O)c1cccc(Cl)c1)NCc1ccc(F)cc1. The van der Waals surface area contributed by atoms with Crippen molar-refractivity contribution in [3.05, 3.63) is 64.9 Å². The van der Waals surface area contributed by atoms with E-state index in [0.29, 0.717) is 5.02 Å². The van der Waals surface area contributed by atoms with Crippen molar-refractivity contribution >= 4 is 27.5 Å². The van der Waals surface area contributed by atoms with E-state index in [-0.39, 0.29) is 36.1 Å². The molecule has 0 heterocycles. The second-order valence-corrected chi connectivity index (χ2v) is 7.21. The maximum Gasteiger partial charge on any atom is 0.240 e. The Morgan fingerprint density at radius 2 is 1.83 bits per heavy atom. The molecule has 0 atom stereocenters. The largest absolute Gasteiger partial charge is 0.352 e. The molecule has 5 nitrogen and oxygen atoms in total. The van der Waals surface area contributed by atoms with Gasteiger partial charge < -0.3 is 5.32 Å². The number of sulfonamides is 1. The van der Waals surface area contributed by atoms with E-state index < -0.39 is 10.0 Å². The lowest BCUT2D eigenvalue weighted by atomic mass is 10.2. The Morgan fingerprint density at radius 3 is 2.50 bits per heavy atom. The van der Waals surface area contributed by atoms with Crippen molar-refractivity contribution in [3.63, 3.8) is 0 Å². The highest BCUT2D eigenvalue weighted by Crippen LogP contribution is 2.15. The normalized spacial score (nSPS) is 11.2. The van der Waals surface area contributed by atoms with Crippen molar-refractivity contribution in [2.24, 2.45) is 0 Å². The molecule has 0 aliphatic carbocycles. The Labute approximate surface area is 144 Å². The van der Waals surface area contributed by atoms with Gasteiger partial charge >= 0.3 is 0 Å². The molecule has 0 radical (unpaired) electrons. The van der Waals surface area contributed by atoms with Crippen molar-refractivity contribution in [3.8, 4) is 0 Å². The maximum absolute atomic E-state index is 12.8. The average Bonchev–Trinajstić information content (AvgIpc) is 2.54. The van der Waals surface area contributed by atoms with Gasteiger partial charge in [-0.1, -0.05) is 29.8 Å². The zero-order valence-electron chi connectivity index (χ0n) is 12.6. The third-order valence-corrected chi connectivity index (χ3v) is 4.85. The molecule has 24 heavy (non-hydrogen) atoms. The van der Waals surface area contributed by atoms with Crippen LogP contribution in [-0.2, 0) is 21.4 Å². The average molecular weight is 371 g/mol. The van der Waals surface area contributed by atoms with Gasteiger partial charge in [-0.15, -0.1) is 0 Å². The van der Waals surface area contributed by atoms with Gasteiger partial charge in [-0.2, -0.15) is 0 Å². The van der Waals surface area contributed by atoms with E-state index in [0.717, 1.165) is 5.56 Å². The Morgan fingerprint density at radius 1 is 1.12 bits per heavy atom. The number of amides is 1. The molecule has 8 heteroatoms. The van der Waals surface area contributed by atoms with Gasteiger partial charge in [-0.25, -0.2) is 17.5 Å². The van der Waals surface area contributed by atoms with Crippen LogP contribution in [-0.4, -0.2) is 20.9 Å². The fraction of sp³-hybridized carbons (Fsp3) is 0.188. The molecule has 2 rings (SSSR count). The predicted molar refractivity (Wildman–Crippen MR) is 89.5 cm³/mol. The maximum atomic E-state index is 12.8. The minimum absolute atomic E-state index is 0.0129. The van der Waals surface area contributed by atoms with Crippen LogP contribution in [0.3, 0.4) is 0 Å². The molecule has 0 aromatic heterocycles. The molecule has 0 unspecified atom stereocenters. The lowest BCUT2D eigenvalue weighted by Gasteiger charge is -2.08. The third-order valence-electron chi connectivity index (χ3n) is 3.15.